The molecule has 19 heavy (non-hydrogen) atoms. The number of aromatic nitrogens is 1. The molecule has 100 valence electrons. The van der Waals surface area contributed by atoms with Crippen LogP contribution in [0.3, 0.4) is 0 Å². The Labute approximate surface area is 113 Å². The lowest BCUT2D eigenvalue weighted by Gasteiger charge is -2.27. The predicted molar refractivity (Wildman–Crippen MR) is 76.4 cm³/mol. The summed E-state index contributed by atoms with van der Waals surface area (Å²) in [6.07, 6.45) is 0. The van der Waals surface area contributed by atoms with Gasteiger partial charge in [-0.05, 0) is 24.6 Å². The number of aryl methyl sites for hydroxylation is 2. The van der Waals surface area contributed by atoms with Gasteiger partial charge in [-0.25, -0.2) is 0 Å². The number of piperazine rings is 1. The van der Waals surface area contributed by atoms with Crippen molar-refractivity contribution >= 4 is 16.8 Å². The highest BCUT2D eigenvalue weighted by Gasteiger charge is 2.21. The van der Waals surface area contributed by atoms with Crippen LogP contribution in [0.4, 0.5) is 0 Å². The van der Waals surface area contributed by atoms with Crippen molar-refractivity contribution in [3.8, 4) is 0 Å². The fourth-order valence-electron chi connectivity index (χ4n) is 2.74. The van der Waals surface area contributed by atoms with E-state index in [1.165, 1.54) is 10.9 Å². The SMILES string of the molecule is Cc1cccc2c1cc(C(=O)N1CCNCC1)n2C. The van der Waals surface area contributed by atoms with Crippen molar-refractivity contribution in [3.63, 3.8) is 0 Å². The minimum absolute atomic E-state index is 0.139. The van der Waals surface area contributed by atoms with Gasteiger partial charge >= 0.3 is 0 Å². The molecule has 4 heteroatoms. The number of hydrogen-bond acceptors (Lipinski definition) is 2. The molecule has 0 aliphatic carbocycles. The average molecular weight is 257 g/mol. The lowest BCUT2D eigenvalue weighted by molar-refractivity contribution is 0.0726. The van der Waals surface area contributed by atoms with Gasteiger partial charge in [0.25, 0.3) is 5.91 Å². The Morgan fingerprint density at radius 3 is 2.68 bits per heavy atom. The first-order valence-corrected chi connectivity index (χ1v) is 6.73. The Morgan fingerprint density at radius 2 is 2.00 bits per heavy atom. The van der Waals surface area contributed by atoms with Crippen LogP contribution < -0.4 is 5.32 Å². The molecule has 1 aliphatic heterocycles. The normalized spacial score (nSPS) is 16.0. The zero-order valence-corrected chi connectivity index (χ0v) is 11.4. The van der Waals surface area contributed by atoms with Crippen molar-refractivity contribution in [2.24, 2.45) is 7.05 Å². The molecular formula is C15H19N3O. The predicted octanol–water partition coefficient (Wildman–Crippen LogP) is 1.53. The first kappa shape index (κ1) is 12.2. The largest absolute Gasteiger partial charge is 0.340 e. The van der Waals surface area contributed by atoms with Gasteiger partial charge in [0.15, 0.2) is 0 Å². The monoisotopic (exact) mass is 257 g/mol. The van der Waals surface area contributed by atoms with E-state index in [1.54, 1.807) is 0 Å². The van der Waals surface area contributed by atoms with Crippen molar-refractivity contribution in [1.82, 2.24) is 14.8 Å². The Balaban J connectivity index is 2.02. The maximum Gasteiger partial charge on any atom is 0.270 e. The Morgan fingerprint density at radius 1 is 1.26 bits per heavy atom. The molecule has 4 nitrogen and oxygen atoms in total. The van der Waals surface area contributed by atoms with Crippen molar-refractivity contribution in [3.05, 3.63) is 35.5 Å². The van der Waals surface area contributed by atoms with E-state index in [4.69, 9.17) is 0 Å². The first-order valence-electron chi connectivity index (χ1n) is 6.73. The van der Waals surface area contributed by atoms with Crippen LogP contribution >= 0.6 is 0 Å². The van der Waals surface area contributed by atoms with E-state index < -0.39 is 0 Å². The number of benzene rings is 1. The lowest BCUT2D eigenvalue weighted by Crippen LogP contribution is -2.46. The summed E-state index contributed by atoms with van der Waals surface area (Å²) < 4.78 is 2.01. The summed E-state index contributed by atoms with van der Waals surface area (Å²) in [7, 11) is 1.97. The van der Waals surface area contributed by atoms with Gasteiger partial charge in [0.1, 0.15) is 5.69 Å². The number of rotatable bonds is 1. The summed E-state index contributed by atoms with van der Waals surface area (Å²) in [5, 5.41) is 4.44. The number of carbonyl (C=O) groups is 1. The van der Waals surface area contributed by atoms with Crippen LogP contribution in [0.2, 0.25) is 0 Å². The number of nitrogens with zero attached hydrogens (tertiary/aromatic N) is 2. The van der Waals surface area contributed by atoms with Crippen LogP contribution in [0.5, 0.6) is 0 Å². The third-order valence-corrected chi connectivity index (χ3v) is 3.93. The molecule has 0 radical (unpaired) electrons. The fraction of sp³-hybridized carbons (Fsp3) is 0.400. The van der Waals surface area contributed by atoms with Crippen molar-refractivity contribution in [2.45, 2.75) is 6.92 Å². The highest BCUT2D eigenvalue weighted by atomic mass is 16.2. The van der Waals surface area contributed by atoms with Crippen LogP contribution in [0.25, 0.3) is 10.9 Å². The first-order chi connectivity index (χ1) is 9.18. The maximum absolute atomic E-state index is 12.6. The van der Waals surface area contributed by atoms with Crippen LogP contribution in [0.15, 0.2) is 24.3 Å². The molecule has 1 aromatic carbocycles. The second-order valence-corrected chi connectivity index (χ2v) is 5.14. The Bertz CT molecular complexity index is 624. The highest BCUT2D eigenvalue weighted by Crippen LogP contribution is 2.23. The summed E-state index contributed by atoms with van der Waals surface area (Å²) >= 11 is 0. The third kappa shape index (κ3) is 2.02. The Hall–Kier alpha value is -1.81. The molecule has 2 aromatic rings. The van der Waals surface area contributed by atoms with E-state index in [9.17, 15) is 4.79 Å². The van der Waals surface area contributed by atoms with Crippen LogP contribution in [-0.4, -0.2) is 41.6 Å². The summed E-state index contributed by atoms with van der Waals surface area (Å²) in [4.78, 5) is 14.5. The van der Waals surface area contributed by atoms with Gasteiger partial charge in [0.2, 0.25) is 0 Å². The molecule has 1 N–H and O–H groups in total. The van der Waals surface area contributed by atoms with E-state index in [2.05, 4.69) is 24.4 Å². The highest BCUT2D eigenvalue weighted by molar-refractivity contribution is 5.99. The summed E-state index contributed by atoms with van der Waals surface area (Å²) in [6, 6.07) is 8.21. The molecule has 2 heterocycles. The minimum Gasteiger partial charge on any atom is -0.340 e. The van der Waals surface area contributed by atoms with Gasteiger partial charge in [0, 0.05) is 44.1 Å². The maximum atomic E-state index is 12.6. The second-order valence-electron chi connectivity index (χ2n) is 5.14. The molecular weight excluding hydrogens is 238 g/mol. The molecule has 3 rings (SSSR count). The van der Waals surface area contributed by atoms with Crippen LogP contribution in [0.1, 0.15) is 16.1 Å². The smallest absolute Gasteiger partial charge is 0.270 e. The van der Waals surface area contributed by atoms with Crippen molar-refractivity contribution in [1.29, 1.82) is 0 Å². The van der Waals surface area contributed by atoms with E-state index in [0.29, 0.717) is 0 Å². The fourth-order valence-corrected chi connectivity index (χ4v) is 2.74. The van der Waals surface area contributed by atoms with E-state index in [0.717, 1.165) is 37.4 Å². The van der Waals surface area contributed by atoms with E-state index in [-0.39, 0.29) is 5.91 Å². The van der Waals surface area contributed by atoms with Crippen molar-refractivity contribution < 1.29 is 4.79 Å². The van der Waals surface area contributed by atoms with E-state index in [1.807, 2.05) is 28.6 Å². The van der Waals surface area contributed by atoms with Gasteiger partial charge in [-0.1, -0.05) is 12.1 Å². The van der Waals surface area contributed by atoms with Crippen LogP contribution in [-0.2, 0) is 7.05 Å². The summed E-state index contributed by atoms with van der Waals surface area (Å²) in [5.74, 6) is 0.139. The summed E-state index contributed by atoms with van der Waals surface area (Å²) in [6.45, 7) is 5.43. The number of hydrogen-bond donors (Lipinski definition) is 1. The number of fused-ring (bicyclic) bond motifs is 1. The van der Waals surface area contributed by atoms with Gasteiger partial charge in [-0.3, -0.25) is 4.79 Å². The summed E-state index contributed by atoms with van der Waals surface area (Å²) in [5.41, 5.74) is 3.12. The zero-order chi connectivity index (χ0) is 13.4. The number of carbonyl (C=O) groups excluding carboxylic acids is 1. The van der Waals surface area contributed by atoms with E-state index >= 15 is 0 Å². The minimum atomic E-state index is 0.139. The number of amides is 1. The van der Waals surface area contributed by atoms with Gasteiger partial charge < -0.3 is 14.8 Å². The molecule has 0 bridgehead atoms. The molecule has 0 unspecified atom stereocenters. The topological polar surface area (TPSA) is 37.3 Å². The van der Waals surface area contributed by atoms with Gasteiger partial charge in [-0.15, -0.1) is 0 Å². The average Bonchev–Trinajstić information content (AvgIpc) is 2.78. The number of nitrogens with one attached hydrogen (secondary N) is 1. The zero-order valence-electron chi connectivity index (χ0n) is 11.4. The molecule has 1 saturated heterocycles. The standard InChI is InChI=1S/C15H19N3O/c1-11-4-3-5-13-12(11)10-14(17(13)2)15(19)18-8-6-16-7-9-18/h3-5,10,16H,6-9H2,1-2H3. The molecule has 1 amide bonds. The molecule has 1 aliphatic rings. The Kier molecular flexibility index (Phi) is 3.03. The second kappa shape index (κ2) is 4.70. The lowest BCUT2D eigenvalue weighted by atomic mass is 10.1. The molecule has 1 aromatic heterocycles. The van der Waals surface area contributed by atoms with Crippen molar-refractivity contribution in [2.75, 3.05) is 26.2 Å². The molecule has 0 atom stereocenters. The molecule has 1 fully saturated rings. The molecule has 0 spiro atoms. The molecule has 0 saturated carbocycles. The van der Waals surface area contributed by atoms with Gasteiger partial charge in [0.05, 0.1) is 0 Å². The van der Waals surface area contributed by atoms with Gasteiger partial charge in [-0.2, -0.15) is 0 Å². The quantitative estimate of drug-likeness (QED) is 0.841. The third-order valence-electron chi connectivity index (χ3n) is 3.93. The van der Waals surface area contributed by atoms with Crippen LogP contribution in [0, 0.1) is 6.92 Å².